The number of amidine groups is 1. The number of nitrogens with zero attached hydrogens (tertiary/aromatic N) is 1. The number of hydrogen-bond acceptors (Lipinski definition) is 4. The summed E-state index contributed by atoms with van der Waals surface area (Å²) in [5.74, 6) is 1.53. The Morgan fingerprint density at radius 2 is 2.05 bits per heavy atom. The average Bonchev–Trinajstić information content (AvgIpc) is 2.40. The number of ether oxygens (including phenoxy) is 1. The van der Waals surface area contributed by atoms with Crippen LogP contribution >= 0.6 is 0 Å². The normalized spacial score (nSPS) is 16.9. The molecule has 3 rings (SSSR count). The second-order valence-corrected chi connectivity index (χ2v) is 4.98. The van der Waals surface area contributed by atoms with Crippen LogP contribution in [-0.4, -0.2) is 11.9 Å². The molecule has 1 aliphatic rings. The molecule has 4 heteroatoms. The Hall–Kier alpha value is -2.49. The maximum atomic E-state index is 5.85. The number of nitrogens with one attached hydrogen (secondary N) is 1. The number of benzene rings is 2. The van der Waals surface area contributed by atoms with Gasteiger partial charge in [0.2, 0.25) is 0 Å². The molecule has 2 aromatic rings. The Kier molecular flexibility index (Phi) is 3.06. The smallest absolute Gasteiger partial charge is 0.153 e. The summed E-state index contributed by atoms with van der Waals surface area (Å²) in [4.78, 5) is 4.62. The quantitative estimate of drug-likeness (QED) is 0.777. The van der Waals surface area contributed by atoms with Gasteiger partial charge < -0.3 is 15.8 Å². The van der Waals surface area contributed by atoms with Crippen molar-refractivity contribution in [2.45, 2.75) is 20.0 Å². The summed E-state index contributed by atoms with van der Waals surface area (Å²) in [7, 11) is 0. The number of nitrogens with two attached hydrogens (primary N) is 1. The summed E-state index contributed by atoms with van der Waals surface area (Å²) in [5, 5.41) is 3.32. The van der Waals surface area contributed by atoms with Crippen molar-refractivity contribution in [3.8, 4) is 5.75 Å². The molecule has 0 saturated carbocycles. The van der Waals surface area contributed by atoms with Crippen LogP contribution in [0.15, 0.2) is 47.5 Å². The fourth-order valence-corrected chi connectivity index (χ4v) is 2.18. The molecule has 20 heavy (non-hydrogen) atoms. The molecule has 0 aliphatic carbocycles. The number of nitrogen functional groups attached to an aromatic ring is 1. The third-order valence-electron chi connectivity index (χ3n) is 3.20. The molecule has 0 fully saturated rings. The molecule has 0 saturated heterocycles. The summed E-state index contributed by atoms with van der Waals surface area (Å²) in [6.45, 7) is 4.03. The van der Waals surface area contributed by atoms with Gasteiger partial charge in [-0.15, -0.1) is 0 Å². The van der Waals surface area contributed by atoms with Gasteiger partial charge in [-0.25, -0.2) is 4.99 Å². The Morgan fingerprint density at radius 3 is 2.85 bits per heavy atom. The molecule has 102 valence electrons. The fraction of sp³-hybridized carbons (Fsp3) is 0.188. The fourth-order valence-electron chi connectivity index (χ4n) is 2.18. The Morgan fingerprint density at radius 1 is 1.20 bits per heavy atom. The van der Waals surface area contributed by atoms with Gasteiger partial charge in [-0.2, -0.15) is 0 Å². The molecule has 0 spiro atoms. The van der Waals surface area contributed by atoms with Crippen molar-refractivity contribution >= 4 is 22.9 Å². The molecular formula is C16H17N3O. The molecule has 0 amide bonds. The number of aliphatic imine (C=N–C) groups is 1. The molecular weight excluding hydrogens is 250 g/mol. The van der Waals surface area contributed by atoms with Crippen LogP contribution < -0.4 is 15.8 Å². The molecule has 0 bridgehead atoms. The number of aryl methyl sites for hydroxylation is 1. The molecule has 4 nitrogen and oxygen atoms in total. The lowest BCUT2D eigenvalue weighted by Gasteiger charge is -2.24. The largest absolute Gasteiger partial charge is 0.480 e. The van der Waals surface area contributed by atoms with E-state index in [1.807, 2.05) is 31.2 Å². The second-order valence-electron chi connectivity index (χ2n) is 4.98. The summed E-state index contributed by atoms with van der Waals surface area (Å²) in [6, 6.07) is 13.7. The van der Waals surface area contributed by atoms with E-state index in [0.717, 1.165) is 23.0 Å². The van der Waals surface area contributed by atoms with Crippen LogP contribution in [0.5, 0.6) is 5.75 Å². The zero-order valence-electron chi connectivity index (χ0n) is 11.6. The Labute approximate surface area is 118 Å². The molecule has 0 aromatic heterocycles. The molecule has 1 atom stereocenters. The topological polar surface area (TPSA) is 59.6 Å². The Bertz CT molecular complexity index is 679. The van der Waals surface area contributed by atoms with Crippen LogP contribution in [0, 0.1) is 6.92 Å². The first-order valence-electron chi connectivity index (χ1n) is 6.60. The third kappa shape index (κ3) is 2.45. The zero-order chi connectivity index (χ0) is 14.1. The van der Waals surface area contributed by atoms with Crippen molar-refractivity contribution in [3.05, 3.63) is 48.0 Å². The van der Waals surface area contributed by atoms with Gasteiger partial charge in [0.15, 0.2) is 6.10 Å². The third-order valence-corrected chi connectivity index (χ3v) is 3.20. The van der Waals surface area contributed by atoms with E-state index in [-0.39, 0.29) is 6.10 Å². The zero-order valence-corrected chi connectivity index (χ0v) is 11.6. The van der Waals surface area contributed by atoms with Crippen molar-refractivity contribution in [1.29, 1.82) is 0 Å². The van der Waals surface area contributed by atoms with Crippen LogP contribution in [0.4, 0.5) is 17.1 Å². The molecule has 3 N–H and O–H groups in total. The maximum absolute atomic E-state index is 5.85. The minimum absolute atomic E-state index is 0.134. The highest BCUT2D eigenvalue weighted by Gasteiger charge is 2.20. The van der Waals surface area contributed by atoms with Crippen molar-refractivity contribution in [2.75, 3.05) is 11.1 Å². The van der Waals surface area contributed by atoms with E-state index < -0.39 is 0 Å². The highest BCUT2D eigenvalue weighted by molar-refractivity contribution is 6.01. The van der Waals surface area contributed by atoms with Gasteiger partial charge in [0, 0.05) is 17.4 Å². The first kappa shape index (κ1) is 12.5. The predicted molar refractivity (Wildman–Crippen MR) is 82.8 cm³/mol. The van der Waals surface area contributed by atoms with Gasteiger partial charge >= 0.3 is 0 Å². The van der Waals surface area contributed by atoms with Gasteiger partial charge in [-0.05, 0) is 43.7 Å². The lowest BCUT2D eigenvalue weighted by molar-refractivity contribution is 0.283. The molecule has 2 aromatic carbocycles. The minimum atomic E-state index is -0.134. The van der Waals surface area contributed by atoms with Crippen molar-refractivity contribution in [1.82, 2.24) is 0 Å². The summed E-state index contributed by atoms with van der Waals surface area (Å²) in [6.07, 6.45) is -0.134. The van der Waals surface area contributed by atoms with E-state index in [1.54, 1.807) is 6.07 Å². The summed E-state index contributed by atoms with van der Waals surface area (Å²) < 4.78 is 5.85. The van der Waals surface area contributed by atoms with Crippen LogP contribution in [0.2, 0.25) is 0 Å². The first-order valence-corrected chi connectivity index (χ1v) is 6.60. The minimum Gasteiger partial charge on any atom is -0.480 e. The van der Waals surface area contributed by atoms with E-state index in [2.05, 4.69) is 29.4 Å². The molecule has 1 heterocycles. The van der Waals surface area contributed by atoms with E-state index in [9.17, 15) is 0 Å². The van der Waals surface area contributed by atoms with E-state index in [4.69, 9.17) is 10.5 Å². The van der Waals surface area contributed by atoms with Gasteiger partial charge in [0.05, 0.1) is 0 Å². The van der Waals surface area contributed by atoms with Crippen molar-refractivity contribution in [3.63, 3.8) is 0 Å². The second kappa shape index (κ2) is 4.89. The monoisotopic (exact) mass is 267 g/mol. The van der Waals surface area contributed by atoms with E-state index >= 15 is 0 Å². The van der Waals surface area contributed by atoms with Gasteiger partial charge in [0.1, 0.15) is 17.3 Å². The summed E-state index contributed by atoms with van der Waals surface area (Å²) in [5.41, 5.74) is 9.45. The van der Waals surface area contributed by atoms with Crippen LogP contribution in [0.25, 0.3) is 0 Å². The standard InChI is InChI=1S/C16H17N3O/c1-10-4-3-5-13(8-10)18-16-11(2)20-15-9-12(17)6-7-14(15)19-16/h3-9,11H,17H2,1-2H3,(H,18,19). The van der Waals surface area contributed by atoms with E-state index in [1.165, 1.54) is 5.56 Å². The first-order chi connectivity index (χ1) is 9.61. The molecule has 0 radical (unpaired) electrons. The SMILES string of the molecule is Cc1cccc(NC2=Nc3ccc(N)cc3OC2C)c1. The Balaban J connectivity index is 1.91. The van der Waals surface area contributed by atoms with Crippen LogP contribution in [0.3, 0.4) is 0 Å². The van der Waals surface area contributed by atoms with Crippen molar-refractivity contribution in [2.24, 2.45) is 4.99 Å². The lowest BCUT2D eigenvalue weighted by Crippen LogP contribution is -2.32. The lowest BCUT2D eigenvalue weighted by atomic mass is 10.2. The average molecular weight is 267 g/mol. The van der Waals surface area contributed by atoms with E-state index in [0.29, 0.717) is 5.69 Å². The number of anilines is 2. The van der Waals surface area contributed by atoms with Gasteiger partial charge in [-0.1, -0.05) is 12.1 Å². The van der Waals surface area contributed by atoms with Crippen LogP contribution in [-0.2, 0) is 0 Å². The number of rotatable bonds is 1. The molecule has 1 aliphatic heterocycles. The molecule has 1 unspecified atom stereocenters. The number of fused-ring (bicyclic) bond motifs is 1. The predicted octanol–water partition coefficient (Wildman–Crippen LogP) is 3.50. The highest BCUT2D eigenvalue weighted by atomic mass is 16.5. The summed E-state index contributed by atoms with van der Waals surface area (Å²) >= 11 is 0. The van der Waals surface area contributed by atoms with Crippen molar-refractivity contribution < 1.29 is 4.74 Å². The van der Waals surface area contributed by atoms with Gasteiger partial charge in [-0.3, -0.25) is 0 Å². The van der Waals surface area contributed by atoms with Gasteiger partial charge in [0.25, 0.3) is 0 Å². The number of hydrogen-bond donors (Lipinski definition) is 2. The van der Waals surface area contributed by atoms with Crippen LogP contribution in [0.1, 0.15) is 12.5 Å². The maximum Gasteiger partial charge on any atom is 0.153 e. The highest BCUT2D eigenvalue weighted by Crippen LogP contribution is 2.34.